The predicted octanol–water partition coefficient (Wildman–Crippen LogP) is 2.42. The van der Waals surface area contributed by atoms with Crippen LogP contribution in [0.5, 0.6) is 5.75 Å². The van der Waals surface area contributed by atoms with Gasteiger partial charge in [0.05, 0.1) is 12.5 Å². The molecule has 5 heteroatoms. The molecule has 1 saturated carbocycles. The first-order chi connectivity index (χ1) is 10.7. The number of rotatable bonds is 5. The molecule has 0 radical (unpaired) electrons. The largest absolute Gasteiger partial charge is 0.494 e. The van der Waals surface area contributed by atoms with Crippen molar-refractivity contribution in [3.63, 3.8) is 0 Å². The Labute approximate surface area is 130 Å². The number of anilines is 1. The van der Waals surface area contributed by atoms with Crippen LogP contribution < -0.4 is 10.1 Å². The summed E-state index contributed by atoms with van der Waals surface area (Å²) in [4.78, 5) is 26.2. The molecule has 1 aromatic carbocycles. The van der Waals surface area contributed by atoms with Gasteiger partial charge in [-0.15, -0.1) is 0 Å². The third-order valence-corrected chi connectivity index (χ3v) is 4.48. The van der Waals surface area contributed by atoms with E-state index in [4.69, 9.17) is 4.74 Å². The molecule has 1 unspecified atom stereocenters. The number of amides is 2. The molecule has 1 saturated heterocycles. The number of benzene rings is 1. The first kappa shape index (κ1) is 14.9. The normalized spacial score (nSPS) is 21.6. The molecule has 2 amide bonds. The third kappa shape index (κ3) is 3.08. The summed E-state index contributed by atoms with van der Waals surface area (Å²) in [6, 6.07) is 7.68. The summed E-state index contributed by atoms with van der Waals surface area (Å²) in [7, 11) is 0. The van der Waals surface area contributed by atoms with Crippen molar-refractivity contribution in [2.24, 2.45) is 5.92 Å². The van der Waals surface area contributed by atoms with Crippen LogP contribution in [-0.2, 0) is 9.59 Å². The lowest BCUT2D eigenvalue weighted by molar-refractivity contribution is -0.131. The van der Waals surface area contributed by atoms with E-state index in [-0.39, 0.29) is 17.7 Å². The number of ether oxygens (including phenoxy) is 1. The molecule has 5 nitrogen and oxygen atoms in total. The summed E-state index contributed by atoms with van der Waals surface area (Å²) in [5.74, 6) is 0.600. The first-order valence-electron chi connectivity index (χ1n) is 8.00. The lowest BCUT2D eigenvalue weighted by Crippen LogP contribution is -2.41. The number of hydrogen-bond donors (Lipinski definition) is 1. The Morgan fingerprint density at radius 2 is 2.05 bits per heavy atom. The zero-order valence-corrected chi connectivity index (χ0v) is 12.9. The van der Waals surface area contributed by atoms with Gasteiger partial charge in [0.1, 0.15) is 5.75 Å². The van der Waals surface area contributed by atoms with Crippen LogP contribution in [0.2, 0.25) is 0 Å². The van der Waals surface area contributed by atoms with E-state index >= 15 is 0 Å². The Bertz CT molecular complexity index is 552. The molecular weight excluding hydrogens is 280 g/mol. The zero-order chi connectivity index (χ0) is 15.5. The van der Waals surface area contributed by atoms with Gasteiger partial charge in [-0.1, -0.05) is 0 Å². The fourth-order valence-electron chi connectivity index (χ4n) is 3.00. The second kappa shape index (κ2) is 6.38. The van der Waals surface area contributed by atoms with Gasteiger partial charge in [-0.25, -0.2) is 0 Å². The quantitative estimate of drug-likeness (QED) is 0.908. The molecule has 0 spiro atoms. The van der Waals surface area contributed by atoms with E-state index in [1.807, 2.05) is 36.1 Å². The molecule has 2 aliphatic rings. The fraction of sp³-hybridized carbons (Fsp3) is 0.529. The van der Waals surface area contributed by atoms with Gasteiger partial charge < -0.3 is 15.0 Å². The highest BCUT2D eigenvalue weighted by Crippen LogP contribution is 2.31. The van der Waals surface area contributed by atoms with E-state index in [0.717, 1.165) is 24.3 Å². The van der Waals surface area contributed by atoms with Crippen LogP contribution >= 0.6 is 0 Å². The Morgan fingerprint density at radius 1 is 1.32 bits per heavy atom. The van der Waals surface area contributed by atoms with Crippen LogP contribution in [0.25, 0.3) is 0 Å². The predicted molar refractivity (Wildman–Crippen MR) is 83.7 cm³/mol. The van der Waals surface area contributed by atoms with E-state index in [2.05, 4.69) is 5.32 Å². The van der Waals surface area contributed by atoms with Crippen molar-refractivity contribution in [1.82, 2.24) is 4.90 Å². The molecule has 1 N–H and O–H groups in total. The first-order valence-corrected chi connectivity index (χ1v) is 8.00. The molecule has 1 aliphatic carbocycles. The van der Waals surface area contributed by atoms with Crippen molar-refractivity contribution >= 4 is 17.5 Å². The maximum absolute atomic E-state index is 12.3. The molecule has 1 heterocycles. The molecule has 1 aromatic rings. The minimum absolute atomic E-state index is 0.0701. The van der Waals surface area contributed by atoms with Crippen molar-refractivity contribution in [3.8, 4) is 5.75 Å². The van der Waals surface area contributed by atoms with Crippen LogP contribution in [0, 0.1) is 5.92 Å². The van der Waals surface area contributed by atoms with E-state index < -0.39 is 0 Å². The van der Waals surface area contributed by atoms with Gasteiger partial charge in [-0.3, -0.25) is 9.59 Å². The molecule has 22 heavy (non-hydrogen) atoms. The highest BCUT2D eigenvalue weighted by Gasteiger charge is 2.39. The van der Waals surface area contributed by atoms with E-state index in [0.29, 0.717) is 25.6 Å². The van der Waals surface area contributed by atoms with Crippen LogP contribution in [0.3, 0.4) is 0 Å². The number of nitrogens with one attached hydrogen (secondary N) is 1. The van der Waals surface area contributed by atoms with Crippen LogP contribution in [0.1, 0.15) is 32.6 Å². The second-order valence-electron chi connectivity index (χ2n) is 5.98. The highest BCUT2D eigenvalue weighted by molar-refractivity contribution is 5.97. The fourth-order valence-corrected chi connectivity index (χ4v) is 3.00. The summed E-state index contributed by atoms with van der Waals surface area (Å²) < 4.78 is 5.37. The monoisotopic (exact) mass is 302 g/mol. The number of carbonyl (C=O) groups excluding carboxylic acids is 2. The Balaban J connectivity index is 1.56. The molecule has 118 valence electrons. The van der Waals surface area contributed by atoms with Gasteiger partial charge in [0.2, 0.25) is 11.8 Å². The smallest absolute Gasteiger partial charge is 0.229 e. The summed E-state index contributed by atoms with van der Waals surface area (Å²) in [5.41, 5.74) is 0.739. The van der Waals surface area contributed by atoms with E-state index in [1.54, 1.807) is 0 Å². The SMILES string of the molecule is CCOc1ccc(NC(=O)C2CC(=O)N(C3CCC3)C2)cc1. The van der Waals surface area contributed by atoms with Gasteiger partial charge >= 0.3 is 0 Å². The second-order valence-corrected chi connectivity index (χ2v) is 5.98. The summed E-state index contributed by atoms with van der Waals surface area (Å²) in [5, 5.41) is 2.90. The van der Waals surface area contributed by atoms with Crippen LogP contribution in [0.4, 0.5) is 5.69 Å². The van der Waals surface area contributed by atoms with Crippen molar-refractivity contribution < 1.29 is 14.3 Å². The van der Waals surface area contributed by atoms with Crippen molar-refractivity contribution in [2.45, 2.75) is 38.6 Å². The Kier molecular flexibility index (Phi) is 4.32. The maximum atomic E-state index is 12.3. The number of hydrogen-bond acceptors (Lipinski definition) is 3. The topological polar surface area (TPSA) is 58.6 Å². The van der Waals surface area contributed by atoms with Crippen molar-refractivity contribution in [3.05, 3.63) is 24.3 Å². The van der Waals surface area contributed by atoms with E-state index in [9.17, 15) is 9.59 Å². The molecule has 2 fully saturated rings. The molecule has 1 aliphatic heterocycles. The lowest BCUT2D eigenvalue weighted by atomic mass is 9.92. The lowest BCUT2D eigenvalue weighted by Gasteiger charge is -2.34. The highest BCUT2D eigenvalue weighted by atomic mass is 16.5. The number of carbonyl (C=O) groups is 2. The standard InChI is InChI=1S/C17H22N2O3/c1-2-22-15-8-6-13(7-9-15)18-17(21)12-10-16(20)19(11-12)14-4-3-5-14/h6-9,12,14H,2-5,10-11H2,1H3,(H,18,21). The van der Waals surface area contributed by atoms with Crippen molar-refractivity contribution in [1.29, 1.82) is 0 Å². The Morgan fingerprint density at radius 3 is 2.64 bits per heavy atom. The van der Waals surface area contributed by atoms with Crippen LogP contribution in [0.15, 0.2) is 24.3 Å². The summed E-state index contributed by atoms with van der Waals surface area (Å²) >= 11 is 0. The molecule has 0 bridgehead atoms. The Hall–Kier alpha value is -2.04. The average Bonchev–Trinajstić information content (AvgIpc) is 2.82. The van der Waals surface area contributed by atoms with Crippen LogP contribution in [-0.4, -0.2) is 35.9 Å². The third-order valence-electron chi connectivity index (χ3n) is 4.48. The zero-order valence-electron chi connectivity index (χ0n) is 12.9. The average molecular weight is 302 g/mol. The maximum Gasteiger partial charge on any atom is 0.229 e. The summed E-state index contributed by atoms with van der Waals surface area (Å²) in [6.07, 6.45) is 3.69. The minimum Gasteiger partial charge on any atom is -0.494 e. The molecule has 3 rings (SSSR count). The van der Waals surface area contributed by atoms with Gasteiger partial charge in [-0.2, -0.15) is 0 Å². The molecule has 1 atom stereocenters. The van der Waals surface area contributed by atoms with Crippen molar-refractivity contribution in [2.75, 3.05) is 18.5 Å². The van der Waals surface area contributed by atoms with Gasteiger partial charge in [-0.05, 0) is 50.5 Å². The number of likely N-dealkylation sites (tertiary alicyclic amines) is 1. The summed E-state index contributed by atoms with van der Waals surface area (Å²) in [6.45, 7) is 3.11. The molecule has 0 aromatic heterocycles. The molecular formula is C17H22N2O3. The van der Waals surface area contributed by atoms with Gasteiger partial charge in [0.25, 0.3) is 0 Å². The van der Waals surface area contributed by atoms with Gasteiger partial charge in [0.15, 0.2) is 0 Å². The minimum atomic E-state index is -0.236. The number of nitrogens with zero attached hydrogens (tertiary/aromatic N) is 1. The van der Waals surface area contributed by atoms with E-state index in [1.165, 1.54) is 6.42 Å². The van der Waals surface area contributed by atoms with Gasteiger partial charge in [0, 0.05) is 24.7 Å².